The molecule has 3 rings (SSSR count). The van der Waals surface area contributed by atoms with Crippen LogP contribution in [0.2, 0.25) is 0 Å². The predicted octanol–water partition coefficient (Wildman–Crippen LogP) is 4.98. The second-order valence-corrected chi connectivity index (χ2v) is 8.77. The Balaban J connectivity index is 2.09. The Kier molecular flexibility index (Phi) is 4.26. The lowest BCUT2D eigenvalue weighted by Crippen LogP contribution is -1.95. The van der Waals surface area contributed by atoms with E-state index in [0.717, 1.165) is 21.6 Å². The van der Waals surface area contributed by atoms with Crippen LogP contribution in [-0.4, -0.2) is 8.42 Å². The van der Waals surface area contributed by atoms with Crippen LogP contribution in [0.25, 0.3) is 10.1 Å². The van der Waals surface area contributed by atoms with Crippen LogP contribution < -0.4 is 0 Å². The third-order valence-corrected chi connectivity index (χ3v) is 6.37. The molecule has 22 heavy (non-hydrogen) atoms. The van der Waals surface area contributed by atoms with Crippen molar-refractivity contribution in [1.29, 1.82) is 0 Å². The average Bonchev–Trinajstić information content (AvgIpc) is 2.85. The van der Waals surface area contributed by atoms with Gasteiger partial charge in [-0.3, -0.25) is 0 Å². The number of halogens is 1. The molecule has 0 aliphatic carbocycles. The van der Waals surface area contributed by atoms with E-state index in [1.807, 2.05) is 36.4 Å². The Hall–Kier alpha value is -1.36. The molecule has 114 valence electrons. The van der Waals surface area contributed by atoms with Crippen molar-refractivity contribution in [1.82, 2.24) is 0 Å². The minimum absolute atomic E-state index is 0.259. The largest absolute Gasteiger partial charge is 0.263 e. The molecule has 0 amide bonds. The van der Waals surface area contributed by atoms with Crippen molar-refractivity contribution >= 4 is 41.2 Å². The molecule has 1 heterocycles. The van der Waals surface area contributed by atoms with E-state index in [1.165, 1.54) is 16.9 Å². The van der Waals surface area contributed by atoms with Crippen LogP contribution in [0.5, 0.6) is 0 Å². The molecule has 0 saturated carbocycles. The van der Waals surface area contributed by atoms with Gasteiger partial charge in [0.25, 0.3) is 9.05 Å². The number of thiophene rings is 1. The maximum Gasteiger partial charge on any atom is 0.263 e. The lowest BCUT2D eigenvalue weighted by molar-refractivity contribution is 0.610. The Morgan fingerprint density at radius 2 is 1.64 bits per heavy atom. The summed E-state index contributed by atoms with van der Waals surface area (Å²) < 4.78 is 24.9. The van der Waals surface area contributed by atoms with Gasteiger partial charge in [0, 0.05) is 32.1 Å². The highest BCUT2D eigenvalue weighted by Crippen LogP contribution is 2.37. The number of benzene rings is 2. The van der Waals surface area contributed by atoms with E-state index in [2.05, 4.69) is 19.1 Å². The van der Waals surface area contributed by atoms with Gasteiger partial charge in [-0.1, -0.05) is 49.4 Å². The standard InChI is InChI=1S/C17H15ClO2S2/c1-2-12-7-9-13(10-8-12)11-16-17(22(18,19)20)14-5-3-4-6-15(14)21-16/h3-10H,2,11H2,1H3. The van der Waals surface area contributed by atoms with E-state index in [9.17, 15) is 8.42 Å². The Morgan fingerprint density at radius 1 is 1.00 bits per heavy atom. The number of hydrogen-bond donors (Lipinski definition) is 0. The van der Waals surface area contributed by atoms with E-state index in [1.54, 1.807) is 0 Å². The summed E-state index contributed by atoms with van der Waals surface area (Å²) in [5.41, 5.74) is 2.36. The van der Waals surface area contributed by atoms with Crippen LogP contribution in [0.15, 0.2) is 53.4 Å². The third kappa shape index (κ3) is 3.05. The fraction of sp³-hybridized carbons (Fsp3) is 0.176. The van der Waals surface area contributed by atoms with E-state index < -0.39 is 9.05 Å². The summed E-state index contributed by atoms with van der Waals surface area (Å²) in [4.78, 5) is 1.05. The molecule has 2 aromatic carbocycles. The lowest BCUT2D eigenvalue weighted by Gasteiger charge is -2.03. The van der Waals surface area contributed by atoms with Gasteiger partial charge in [0.15, 0.2) is 0 Å². The van der Waals surface area contributed by atoms with Crippen molar-refractivity contribution in [3.05, 3.63) is 64.5 Å². The SMILES string of the molecule is CCc1ccc(Cc2sc3ccccc3c2S(=O)(=O)Cl)cc1. The Morgan fingerprint density at radius 3 is 2.27 bits per heavy atom. The summed E-state index contributed by atoms with van der Waals surface area (Å²) in [7, 11) is 1.91. The fourth-order valence-electron chi connectivity index (χ4n) is 2.53. The number of aryl methyl sites for hydroxylation is 1. The van der Waals surface area contributed by atoms with Gasteiger partial charge < -0.3 is 0 Å². The van der Waals surface area contributed by atoms with E-state index in [-0.39, 0.29) is 4.90 Å². The number of fused-ring (bicyclic) bond motifs is 1. The molecule has 2 nitrogen and oxygen atoms in total. The maximum absolute atomic E-state index is 12.0. The molecule has 0 bridgehead atoms. The van der Waals surface area contributed by atoms with Crippen LogP contribution >= 0.6 is 22.0 Å². The van der Waals surface area contributed by atoms with E-state index in [0.29, 0.717) is 11.8 Å². The monoisotopic (exact) mass is 350 g/mol. The molecule has 0 atom stereocenters. The zero-order chi connectivity index (χ0) is 15.7. The normalized spacial score (nSPS) is 11.9. The van der Waals surface area contributed by atoms with Gasteiger partial charge in [0.05, 0.1) is 0 Å². The average molecular weight is 351 g/mol. The zero-order valence-electron chi connectivity index (χ0n) is 12.0. The van der Waals surface area contributed by atoms with Gasteiger partial charge in [-0.15, -0.1) is 11.3 Å². The summed E-state index contributed by atoms with van der Waals surface area (Å²) in [6.45, 7) is 2.11. The Labute approximate surface area is 138 Å². The van der Waals surface area contributed by atoms with Crippen molar-refractivity contribution in [3.8, 4) is 0 Å². The first kappa shape index (κ1) is 15.5. The quantitative estimate of drug-likeness (QED) is 0.622. The van der Waals surface area contributed by atoms with E-state index in [4.69, 9.17) is 10.7 Å². The summed E-state index contributed by atoms with van der Waals surface area (Å²) in [5.74, 6) is 0. The molecule has 0 fully saturated rings. The van der Waals surface area contributed by atoms with Crippen LogP contribution in [0, 0.1) is 0 Å². The fourth-order valence-corrected chi connectivity index (χ4v) is 5.64. The number of rotatable bonds is 4. The molecule has 0 aliphatic heterocycles. The smallest absolute Gasteiger partial charge is 0.207 e. The van der Waals surface area contributed by atoms with Crippen molar-refractivity contribution in [2.45, 2.75) is 24.7 Å². The van der Waals surface area contributed by atoms with Gasteiger partial charge in [-0.25, -0.2) is 8.42 Å². The van der Waals surface area contributed by atoms with Gasteiger partial charge in [-0.05, 0) is 23.6 Å². The molecule has 0 saturated heterocycles. The van der Waals surface area contributed by atoms with Crippen molar-refractivity contribution in [2.75, 3.05) is 0 Å². The summed E-state index contributed by atoms with van der Waals surface area (Å²) in [6, 6.07) is 15.7. The Bertz CT molecular complexity index is 909. The highest BCUT2D eigenvalue weighted by atomic mass is 35.7. The van der Waals surface area contributed by atoms with Crippen LogP contribution in [0.4, 0.5) is 0 Å². The number of hydrogen-bond acceptors (Lipinski definition) is 3. The first-order valence-corrected chi connectivity index (χ1v) is 10.1. The molecule has 0 radical (unpaired) electrons. The topological polar surface area (TPSA) is 34.1 Å². The summed E-state index contributed by atoms with van der Waals surface area (Å²) in [6.07, 6.45) is 1.56. The molecule has 5 heteroatoms. The summed E-state index contributed by atoms with van der Waals surface area (Å²) in [5, 5.41) is 0.711. The molecular formula is C17H15ClO2S2. The summed E-state index contributed by atoms with van der Waals surface area (Å²) >= 11 is 1.49. The first-order valence-electron chi connectivity index (χ1n) is 7.02. The van der Waals surface area contributed by atoms with Gasteiger partial charge in [0.2, 0.25) is 0 Å². The van der Waals surface area contributed by atoms with E-state index >= 15 is 0 Å². The van der Waals surface area contributed by atoms with Gasteiger partial charge >= 0.3 is 0 Å². The van der Waals surface area contributed by atoms with Crippen LogP contribution in [0.3, 0.4) is 0 Å². The molecule has 0 N–H and O–H groups in total. The highest BCUT2D eigenvalue weighted by molar-refractivity contribution is 8.14. The molecule has 0 spiro atoms. The molecule has 0 aliphatic rings. The van der Waals surface area contributed by atoms with Gasteiger partial charge in [0.1, 0.15) is 4.90 Å². The second kappa shape index (κ2) is 6.03. The highest BCUT2D eigenvalue weighted by Gasteiger charge is 2.22. The molecule has 3 aromatic rings. The maximum atomic E-state index is 12.0. The second-order valence-electron chi connectivity index (χ2n) is 5.14. The first-order chi connectivity index (χ1) is 10.5. The van der Waals surface area contributed by atoms with Crippen LogP contribution in [0.1, 0.15) is 22.9 Å². The molecule has 0 unspecified atom stereocenters. The van der Waals surface area contributed by atoms with Crippen molar-refractivity contribution in [3.63, 3.8) is 0 Å². The molecule has 1 aromatic heterocycles. The third-order valence-electron chi connectivity index (χ3n) is 3.66. The van der Waals surface area contributed by atoms with Crippen LogP contribution in [-0.2, 0) is 21.9 Å². The van der Waals surface area contributed by atoms with Crippen molar-refractivity contribution < 1.29 is 8.42 Å². The van der Waals surface area contributed by atoms with Gasteiger partial charge in [-0.2, -0.15) is 0 Å². The molecular weight excluding hydrogens is 336 g/mol. The minimum Gasteiger partial charge on any atom is -0.207 e. The predicted molar refractivity (Wildman–Crippen MR) is 93.5 cm³/mol. The van der Waals surface area contributed by atoms with Crippen molar-refractivity contribution in [2.24, 2.45) is 0 Å². The lowest BCUT2D eigenvalue weighted by atomic mass is 10.1. The zero-order valence-corrected chi connectivity index (χ0v) is 14.4. The minimum atomic E-state index is -3.77.